The van der Waals surface area contributed by atoms with Gasteiger partial charge in [0.25, 0.3) is 0 Å². The van der Waals surface area contributed by atoms with Crippen molar-refractivity contribution >= 4 is 0 Å². The summed E-state index contributed by atoms with van der Waals surface area (Å²) in [5.41, 5.74) is 0. The lowest BCUT2D eigenvalue weighted by Crippen LogP contribution is -1.98. The summed E-state index contributed by atoms with van der Waals surface area (Å²) in [6.07, 6.45) is 1.71. The van der Waals surface area contributed by atoms with Gasteiger partial charge >= 0.3 is 0 Å². The summed E-state index contributed by atoms with van der Waals surface area (Å²) in [5.74, 6) is 0.769. The van der Waals surface area contributed by atoms with Crippen molar-refractivity contribution in [2.24, 2.45) is 5.92 Å². The first kappa shape index (κ1) is 6.05. The molecule has 1 aliphatic carbocycles. The summed E-state index contributed by atoms with van der Waals surface area (Å²) in [5, 5.41) is 0. The van der Waals surface area contributed by atoms with Crippen molar-refractivity contribution in [2.75, 3.05) is 13.9 Å². The molecule has 8 heavy (non-hydrogen) atoms. The minimum absolute atomic E-state index is 0.453. The lowest BCUT2D eigenvalue weighted by molar-refractivity contribution is -0.0429. The molecule has 2 atom stereocenters. The normalized spacial score (nSPS) is 35.2. The summed E-state index contributed by atoms with van der Waals surface area (Å²) >= 11 is 0. The molecule has 1 fully saturated rings. The fraction of sp³-hybridized carbons (Fsp3) is 1.00. The Labute approximate surface area is 49.8 Å². The SMILES string of the molecule is COCOC1CC1C. The first-order chi connectivity index (χ1) is 3.84. The van der Waals surface area contributed by atoms with Crippen LogP contribution in [0.25, 0.3) is 0 Å². The van der Waals surface area contributed by atoms with Crippen LogP contribution in [0.5, 0.6) is 0 Å². The Morgan fingerprint density at radius 2 is 2.25 bits per heavy atom. The molecular weight excluding hydrogens is 104 g/mol. The van der Waals surface area contributed by atoms with E-state index in [2.05, 4.69) is 6.92 Å². The molecule has 0 heterocycles. The molecule has 0 aromatic rings. The molecule has 1 rings (SSSR count). The molecule has 2 heteroatoms. The van der Waals surface area contributed by atoms with Crippen molar-refractivity contribution in [3.63, 3.8) is 0 Å². The zero-order valence-electron chi connectivity index (χ0n) is 5.39. The third-order valence-corrected chi connectivity index (χ3v) is 1.44. The summed E-state index contributed by atoms with van der Waals surface area (Å²) < 4.78 is 9.91. The molecule has 0 aromatic carbocycles. The van der Waals surface area contributed by atoms with Gasteiger partial charge in [-0.25, -0.2) is 0 Å². The first-order valence-electron chi connectivity index (χ1n) is 2.95. The molecule has 0 spiro atoms. The van der Waals surface area contributed by atoms with Gasteiger partial charge in [-0.1, -0.05) is 6.92 Å². The average molecular weight is 116 g/mol. The summed E-state index contributed by atoms with van der Waals surface area (Å²) in [7, 11) is 1.65. The van der Waals surface area contributed by atoms with Crippen LogP contribution in [0.3, 0.4) is 0 Å². The molecule has 1 aliphatic rings. The van der Waals surface area contributed by atoms with E-state index in [0.29, 0.717) is 12.9 Å². The Kier molecular flexibility index (Phi) is 1.86. The second kappa shape index (κ2) is 2.46. The van der Waals surface area contributed by atoms with Gasteiger partial charge in [-0.2, -0.15) is 0 Å². The zero-order valence-corrected chi connectivity index (χ0v) is 5.39. The summed E-state index contributed by atoms with van der Waals surface area (Å²) in [4.78, 5) is 0. The van der Waals surface area contributed by atoms with Gasteiger partial charge in [0.1, 0.15) is 6.79 Å². The van der Waals surface area contributed by atoms with Crippen LogP contribution in [0.15, 0.2) is 0 Å². The molecule has 1 saturated carbocycles. The molecule has 0 radical (unpaired) electrons. The fourth-order valence-electron chi connectivity index (χ4n) is 0.676. The maximum Gasteiger partial charge on any atom is 0.146 e. The van der Waals surface area contributed by atoms with Crippen molar-refractivity contribution in [3.8, 4) is 0 Å². The van der Waals surface area contributed by atoms with Crippen molar-refractivity contribution in [1.29, 1.82) is 0 Å². The minimum Gasteiger partial charge on any atom is -0.359 e. The second-order valence-electron chi connectivity index (χ2n) is 2.32. The van der Waals surface area contributed by atoms with E-state index < -0.39 is 0 Å². The van der Waals surface area contributed by atoms with Gasteiger partial charge in [0.2, 0.25) is 0 Å². The summed E-state index contributed by atoms with van der Waals surface area (Å²) in [6, 6.07) is 0. The van der Waals surface area contributed by atoms with Crippen molar-refractivity contribution in [1.82, 2.24) is 0 Å². The van der Waals surface area contributed by atoms with Crippen LogP contribution >= 0.6 is 0 Å². The molecule has 2 unspecified atom stereocenters. The predicted molar refractivity (Wildman–Crippen MR) is 30.5 cm³/mol. The lowest BCUT2D eigenvalue weighted by atomic mass is 10.5. The van der Waals surface area contributed by atoms with Crippen molar-refractivity contribution in [3.05, 3.63) is 0 Å². The molecular formula is C6H12O2. The van der Waals surface area contributed by atoms with Crippen LogP contribution < -0.4 is 0 Å². The molecule has 0 bridgehead atoms. The first-order valence-corrected chi connectivity index (χ1v) is 2.95. The Morgan fingerprint density at radius 1 is 1.62 bits per heavy atom. The largest absolute Gasteiger partial charge is 0.359 e. The van der Waals surface area contributed by atoms with E-state index in [1.54, 1.807) is 7.11 Å². The highest BCUT2D eigenvalue weighted by Crippen LogP contribution is 2.32. The minimum atomic E-state index is 0.453. The van der Waals surface area contributed by atoms with Crippen molar-refractivity contribution in [2.45, 2.75) is 19.4 Å². The highest BCUT2D eigenvalue weighted by Gasteiger charge is 2.33. The zero-order chi connectivity index (χ0) is 5.98. The van der Waals surface area contributed by atoms with Gasteiger partial charge in [0.15, 0.2) is 0 Å². The van der Waals surface area contributed by atoms with E-state index in [1.807, 2.05) is 0 Å². The van der Waals surface area contributed by atoms with Gasteiger partial charge in [0, 0.05) is 7.11 Å². The standard InChI is InChI=1S/C6H12O2/c1-5-3-6(5)8-4-7-2/h5-6H,3-4H2,1-2H3. The molecule has 0 amide bonds. The molecule has 2 nitrogen and oxygen atoms in total. The Hall–Kier alpha value is -0.0800. The third-order valence-electron chi connectivity index (χ3n) is 1.44. The van der Waals surface area contributed by atoms with E-state index in [1.165, 1.54) is 6.42 Å². The second-order valence-corrected chi connectivity index (χ2v) is 2.32. The monoisotopic (exact) mass is 116 g/mol. The molecule has 0 saturated heterocycles. The Morgan fingerprint density at radius 3 is 2.62 bits per heavy atom. The lowest BCUT2D eigenvalue weighted by Gasteiger charge is -1.97. The Balaban J connectivity index is 1.89. The van der Waals surface area contributed by atoms with E-state index >= 15 is 0 Å². The average Bonchev–Trinajstić information content (AvgIpc) is 2.42. The van der Waals surface area contributed by atoms with E-state index in [0.717, 1.165) is 5.92 Å². The number of hydrogen-bond acceptors (Lipinski definition) is 2. The number of rotatable bonds is 3. The van der Waals surface area contributed by atoms with E-state index in [9.17, 15) is 0 Å². The van der Waals surface area contributed by atoms with Crippen LogP contribution in [0.4, 0.5) is 0 Å². The molecule has 0 aliphatic heterocycles. The van der Waals surface area contributed by atoms with Crippen LogP contribution in [0.1, 0.15) is 13.3 Å². The topological polar surface area (TPSA) is 18.5 Å². The van der Waals surface area contributed by atoms with E-state index in [-0.39, 0.29) is 0 Å². The fourth-order valence-corrected chi connectivity index (χ4v) is 0.676. The van der Waals surface area contributed by atoms with Crippen molar-refractivity contribution < 1.29 is 9.47 Å². The van der Waals surface area contributed by atoms with Crippen LogP contribution in [0.2, 0.25) is 0 Å². The third kappa shape index (κ3) is 1.46. The maximum atomic E-state index is 5.19. The van der Waals surface area contributed by atoms with Gasteiger partial charge in [-0.15, -0.1) is 0 Å². The number of methoxy groups -OCH3 is 1. The Bertz CT molecular complexity index is 72.9. The molecule has 0 aromatic heterocycles. The van der Waals surface area contributed by atoms with Crippen LogP contribution in [-0.4, -0.2) is 20.0 Å². The maximum absolute atomic E-state index is 5.19. The predicted octanol–water partition coefficient (Wildman–Crippen LogP) is 1.02. The van der Waals surface area contributed by atoms with Gasteiger partial charge in [-0.3, -0.25) is 0 Å². The number of hydrogen-bond donors (Lipinski definition) is 0. The van der Waals surface area contributed by atoms with Crippen LogP contribution in [0, 0.1) is 5.92 Å². The number of ether oxygens (including phenoxy) is 2. The van der Waals surface area contributed by atoms with E-state index in [4.69, 9.17) is 9.47 Å². The smallest absolute Gasteiger partial charge is 0.146 e. The quantitative estimate of drug-likeness (QED) is 0.512. The van der Waals surface area contributed by atoms with Crippen LogP contribution in [-0.2, 0) is 9.47 Å². The molecule has 0 N–H and O–H groups in total. The van der Waals surface area contributed by atoms with Gasteiger partial charge < -0.3 is 9.47 Å². The summed E-state index contributed by atoms with van der Waals surface area (Å²) in [6.45, 7) is 2.63. The molecule has 48 valence electrons. The highest BCUT2D eigenvalue weighted by molar-refractivity contribution is 4.82. The van der Waals surface area contributed by atoms with Gasteiger partial charge in [-0.05, 0) is 12.3 Å². The highest BCUT2D eigenvalue weighted by atomic mass is 16.7. The van der Waals surface area contributed by atoms with Gasteiger partial charge in [0.05, 0.1) is 6.10 Å².